The average Bonchev–Trinajstić information content (AvgIpc) is 3.35. The Hall–Kier alpha value is -2.66. The molecule has 2 atom stereocenters. The summed E-state index contributed by atoms with van der Waals surface area (Å²) in [6.45, 7) is 7.54. The fraction of sp³-hybridized carbons (Fsp3) is 0.500. The van der Waals surface area contributed by atoms with E-state index in [0.29, 0.717) is 48.3 Å². The summed E-state index contributed by atoms with van der Waals surface area (Å²) in [5, 5.41) is 14.5. The van der Waals surface area contributed by atoms with Crippen LogP contribution in [0.15, 0.2) is 24.3 Å². The lowest BCUT2D eigenvalue weighted by atomic mass is 9.94. The Morgan fingerprint density at radius 1 is 1.21 bits per heavy atom. The van der Waals surface area contributed by atoms with Crippen molar-refractivity contribution in [2.24, 2.45) is 0 Å². The number of nitrogens with zero attached hydrogens (tertiary/aromatic N) is 4. The van der Waals surface area contributed by atoms with Crippen molar-refractivity contribution in [2.45, 2.75) is 58.4 Å². The Kier molecular flexibility index (Phi) is 6.62. The van der Waals surface area contributed by atoms with Gasteiger partial charge in [-0.2, -0.15) is 23.4 Å². The highest BCUT2D eigenvalue weighted by molar-refractivity contribution is 7.71. The average molecular weight is 481 g/mol. The third-order valence-electron chi connectivity index (χ3n) is 5.99. The van der Waals surface area contributed by atoms with E-state index in [0.717, 1.165) is 21.4 Å². The maximum absolute atomic E-state index is 14.0. The number of aryl methyl sites for hydroxylation is 2. The lowest BCUT2D eigenvalue weighted by molar-refractivity contribution is -0.173. The topological polar surface area (TPSA) is 72.7 Å². The lowest BCUT2D eigenvalue weighted by Crippen LogP contribution is -2.35. The van der Waals surface area contributed by atoms with Gasteiger partial charge in [-0.1, -0.05) is 18.2 Å². The van der Waals surface area contributed by atoms with Gasteiger partial charge in [0.2, 0.25) is 0 Å². The maximum Gasteiger partial charge on any atom is 0.410 e. The first-order valence-corrected chi connectivity index (χ1v) is 11.3. The Morgan fingerprint density at radius 2 is 2.00 bits per heavy atom. The SMILES string of the molecule is CCOCCCn1c(-c2cc3n(n2)[C@@H](C(F)(F)F)C[C@H](c2ccc(C)c(C)c2)N3)n[nH]c1=S. The molecular weight excluding hydrogens is 453 g/mol. The molecule has 178 valence electrons. The van der Waals surface area contributed by atoms with Crippen LogP contribution < -0.4 is 5.32 Å². The van der Waals surface area contributed by atoms with Gasteiger partial charge in [-0.15, -0.1) is 0 Å². The first kappa shape index (κ1) is 23.5. The van der Waals surface area contributed by atoms with Crippen molar-refractivity contribution in [1.29, 1.82) is 0 Å². The molecule has 2 N–H and O–H groups in total. The number of hydrogen-bond donors (Lipinski definition) is 2. The number of alkyl halides is 3. The number of anilines is 1. The predicted molar refractivity (Wildman–Crippen MR) is 122 cm³/mol. The van der Waals surface area contributed by atoms with Crippen molar-refractivity contribution in [3.63, 3.8) is 0 Å². The first-order chi connectivity index (χ1) is 15.7. The van der Waals surface area contributed by atoms with E-state index in [1.54, 1.807) is 10.6 Å². The van der Waals surface area contributed by atoms with Crippen molar-refractivity contribution >= 4 is 18.0 Å². The summed E-state index contributed by atoms with van der Waals surface area (Å²) in [5.74, 6) is 0.709. The largest absolute Gasteiger partial charge is 0.410 e. The molecule has 33 heavy (non-hydrogen) atoms. The molecule has 0 unspecified atom stereocenters. The molecule has 2 aromatic heterocycles. The van der Waals surface area contributed by atoms with E-state index >= 15 is 0 Å². The van der Waals surface area contributed by atoms with Crippen molar-refractivity contribution in [1.82, 2.24) is 24.5 Å². The third-order valence-corrected chi connectivity index (χ3v) is 6.30. The molecule has 11 heteroatoms. The molecule has 1 aliphatic rings. The number of aromatic amines is 1. The summed E-state index contributed by atoms with van der Waals surface area (Å²) in [6, 6.07) is 5.13. The maximum atomic E-state index is 14.0. The standard InChI is InChI=1S/C22H27F3N6OS/c1-4-32-9-5-8-30-20(27-28-21(30)33)17-12-19-26-16(15-7-6-13(2)14(3)10-15)11-18(22(23,24)25)31(19)29-17/h6-7,10,12,16,18,26H,4-5,8-9,11H2,1-3H3,(H,28,33)/t16-,18-/m1/s1. The number of aromatic nitrogens is 5. The van der Waals surface area contributed by atoms with Crippen LogP contribution in [0.3, 0.4) is 0 Å². The fourth-order valence-corrected chi connectivity index (χ4v) is 4.30. The molecule has 0 amide bonds. The molecule has 0 bridgehead atoms. The minimum Gasteiger partial charge on any atom is -0.382 e. The predicted octanol–water partition coefficient (Wildman–Crippen LogP) is 5.51. The Labute approximate surface area is 195 Å². The van der Waals surface area contributed by atoms with Crippen LogP contribution in [0.1, 0.15) is 48.5 Å². The number of hydrogen-bond acceptors (Lipinski definition) is 5. The Morgan fingerprint density at radius 3 is 2.70 bits per heavy atom. The number of benzene rings is 1. The number of ether oxygens (including phenoxy) is 1. The number of halogens is 3. The second-order valence-corrected chi connectivity index (χ2v) is 8.63. The summed E-state index contributed by atoms with van der Waals surface area (Å²) in [6.07, 6.45) is -3.90. The molecule has 1 aliphatic heterocycles. The zero-order valence-corrected chi connectivity index (χ0v) is 19.6. The van der Waals surface area contributed by atoms with Crippen LogP contribution in [0.4, 0.5) is 19.0 Å². The van der Waals surface area contributed by atoms with Crippen LogP contribution in [0.2, 0.25) is 0 Å². The minimum atomic E-state index is -4.44. The van der Waals surface area contributed by atoms with Crippen molar-refractivity contribution < 1.29 is 17.9 Å². The zero-order valence-electron chi connectivity index (χ0n) is 18.7. The summed E-state index contributed by atoms with van der Waals surface area (Å²) >= 11 is 5.32. The summed E-state index contributed by atoms with van der Waals surface area (Å²) < 4.78 is 50.6. The molecule has 7 nitrogen and oxygen atoms in total. The van der Waals surface area contributed by atoms with Crippen LogP contribution in [0.25, 0.3) is 11.5 Å². The Balaban J connectivity index is 1.68. The highest BCUT2D eigenvalue weighted by Crippen LogP contribution is 2.44. The minimum absolute atomic E-state index is 0.151. The van der Waals surface area contributed by atoms with Crippen molar-refractivity contribution in [2.75, 3.05) is 18.5 Å². The van der Waals surface area contributed by atoms with E-state index in [9.17, 15) is 13.2 Å². The highest BCUT2D eigenvalue weighted by atomic mass is 32.1. The number of rotatable bonds is 7. The number of nitrogens with one attached hydrogen (secondary N) is 2. The lowest BCUT2D eigenvalue weighted by Gasteiger charge is -2.33. The van der Waals surface area contributed by atoms with Gasteiger partial charge in [-0.25, -0.2) is 4.68 Å². The molecule has 3 heterocycles. The smallest absolute Gasteiger partial charge is 0.382 e. The second kappa shape index (κ2) is 9.30. The third kappa shape index (κ3) is 4.84. The molecule has 3 aromatic rings. The molecular formula is C22H27F3N6OS. The number of H-pyrrole nitrogens is 1. The molecule has 0 aliphatic carbocycles. The fourth-order valence-electron chi connectivity index (χ4n) is 4.07. The zero-order chi connectivity index (χ0) is 23.8. The molecule has 0 fully saturated rings. The molecule has 0 spiro atoms. The number of fused-ring (bicyclic) bond motifs is 1. The van der Waals surface area contributed by atoms with E-state index in [2.05, 4.69) is 20.6 Å². The van der Waals surface area contributed by atoms with Crippen molar-refractivity contribution in [3.8, 4) is 11.5 Å². The van der Waals surface area contributed by atoms with Gasteiger partial charge in [0.05, 0.1) is 6.04 Å². The van der Waals surface area contributed by atoms with Gasteiger partial charge in [0.1, 0.15) is 11.5 Å². The summed E-state index contributed by atoms with van der Waals surface area (Å²) in [5.41, 5.74) is 3.29. The van der Waals surface area contributed by atoms with Gasteiger partial charge < -0.3 is 10.1 Å². The van der Waals surface area contributed by atoms with E-state index in [4.69, 9.17) is 17.0 Å². The second-order valence-electron chi connectivity index (χ2n) is 8.25. The molecule has 0 radical (unpaired) electrons. The summed E-state index contributed by atoms with van der Waals surface area (Å²) in [7, 11) is 0. The van der Waals surface area contributed by atoms with Crippen LogP contribution >= 0.6 is 12.2 Å². The van der Waals surface area contributed by atoms with Crippen LogP contribution in [0.5, 0.6) is 0 Å². The highest BCUT2D eigenvalue weighted by Gasteiger charge is 2.46. The quantitative estimate of drug-likeness (QED) is 0.345. The van der Waals surface area contributed by atoms with Crippen LogP contribution in [-0.2, 0) is 11.3 Å². The van der Waals surface area contributed by atoms with Crippen molar-refractivity contribution in [3.05, 3.63) is 45.7 Å². The normalized spacial score (nSPS) is 18.2. The van der Waals surface area contributed by atoms with Gasteiger partial charge in [-0.05, 0) is 56.1 Å². The van der Waals surface area contributed by atoms with Crippen LogP contribution in [-0.4, -0.2) is 43.9 Å². The van der Waals surface area contributed by atoms with E-state index in [1.807, 2.05) is 39.0 Å². The van der Waals surface area contributed by atoms with E-state index in [-0.39, 0.29) is 6.42 Å². The van der Waals surface area contributed by atoms with Gasteiger partial charge in [-0.3, -0.25) is 9.67 Å². The van der Waals surface area contributed by atoms with Gasteiger partial charge >= 0.3 is 6.18 Å². The molecule has 4 rings (SSSR count). The van der Waals surface area contributed by atoms with E-state index in [1.165, 1.54) is 0 Å². The van der Waals surface area contributed by atoms with Gasteiger partial charge in [0, 0.05) is 32.2 Å². The summed E-state index contributed by atoms with van der Waals surface area (Å²) in [4.78, 5) is 0. The molecule has 0 saturated carbocycles. The van der Waals surface area contributed by atoms with E-state index < -0.39 is 18.3 Å². The molecule has 1 aromatic carbocycles. The Bertz CT molecular complexity index is 1180. The van der Waals surface area contributed by atoms with Crippen LogP contribution in [0, 0.1) is 18.6 Å². The van der Waals surface area contributed by atoms with Gasteiger partial charge in [0.25, 0.3) is 0 Å². The monoisotopic (exact) mass is 480 g/mol. The first-order valence-electron chi connectivity index (χ1n) is 10.9. The van der Waals surface area contributed by atoms with Gasteiger partial charge in [0.15, 0.2) is 16.6 Å². The molecule has 0 saturated heterocycles.